The number of ether oxygens (including phenoxy) is 1. The second-order valence-electron chi connectivity index (χ2n) is 5.32. The van der Waals surface area contributed by atoms with Crippen LogP contribution in [0.1, 0.15) is 31.9 Å². The van der Waals surface area contributed by atoms with E-state index in [1.54, 1.807) is 12.1 Å². The lowest BCUT2D eigenvalue weighted by Gasteiger charge is -2.11. The summed E-state index contributed by atoms with van der Waals surface area (Å²) in [6.07, 6.45) is 5.18. The molecule has 0 saturated carbocycles. The van der Waals surface area contributed by atoms with Crippen LogP contribution >= 0.6 is 0 Å². The fraction of sp³-hybridized carbons (Fsp3) is 0.444. The van der Waals surface area contributed by atoms with Crippen molar-refractivity contribution >= 4 is 0 Å². The minimum atomic E-state index is -0.204. The molecule has 2 aromatic rings. The number of nitrogens with zero attached hydrogens (tertiary/aromatic N) is 1. The zero-order valence-electron chi connectivity index (χ0n) is 13.2. The van der Waals surface area contributed by atoms with E-state index in [2.05, 4.69) is 12.2 Å². The molecule has 0 aliphatic carbocycles. The molecular weight excluding hydrogens is 279 g/mol. The Morgan fingerprint density at radius 2 is 1.91 bits per heavy atom. The smallest absolute Gasteiger partial charge is 0.147 e. The number of rotatable bonds is 10. The van der Waals surface area contributed by atoms with Crippen molar-refractivity contribution < 1.29 is 9.13 Å². The number of halogens is 1. The van der Waals surface area contributed by atoms with Crippen LogP contribution in [0.3, 0.4) is 0 Å². The van der Waals surface area contributed by atoms with Crippen molar-refractivity contribution in [1.82, 2.24) is 9.88 Å². The van der Waals surface area contributed by atoms with Crippen molar-refractivity contribution in [3.8, 4) is 5.69 Å². The van der Waals surface area contributed by atoms with Gasteiger partial charge >= 0.3 is 0 Å². The van der Waals surface area contributed by atoms with Gasteiger partial charge in [-0.25, -0.2) is 4.39 Å². The van der Waals surface area contributed by atoms with Crippen LogP contribution in [0.4, 0.5) is 4.39 Å². The van der Waals surface area contributed by atoms with Gasteiger partial charge in [-0.3, -0.25) is 0 Å². The summed E-state index contributed by atoms with van der Waals surface area (Å²) in [5.41, 5.74) is 1.64. The third-order valence-electron chi connectivity index (χ3n) is 3.54. The summed E-state index contributed by atoms with van der Waals surface area (Å²) >= 11 is 0. The second-order valence-corrected chi connectivity index (χ2v) is 5.32. The average molecular weight is 304 g/mol. The Bertz CT molecular complexity index is 554. The predicted molar refractivity (Wildman–Crippen MR) is 87.8 cm³/mol. The van der Waals surface area contributed by atoms with E-state index in [0.717, 1.165) is 44.8 Å². The van der Waals surface area contributed by atoms with Crippen molar-refractivity contribution in [3.05, 3.63) is 54.1 Å². The molecule has 1 aromatic carbocycles. The molecule has 0 aliphatic heterocycles. The molecule has 0 atom stereocenters. The Hall–Kier alpha value is -1.65. The molecule has 0 saturated heterocycles. The topological polar surface area (TPSA) is 26.2 Å². The Labute approximate surface area is 132 Å². The summed E-state index contributed by atoms with van der Waals surface area (Å²) in [5.74, 6) is -0.204. The minimum Gasteiger partial charge on any atom is -0.381 e. The van der Waals surface area contributed by atoms with Crippen LogP contribution in [0.25, 0.3) is 5.69 Å². The van der Waals surface area contributed by atoms with Crippen molar-refractivity contribution in [2.45, 2.75) is 32.7 Å². The number of benzene rings is 1. The van der Waals surface area contributed by atoms with Gasteiger partial charge in [-0.1, -0.05) is 25.5 Å². The maximum Gasteiger partial charge on any atom is 0.147 e. The first kappa shape index (κ1) is 16.7. The summed E-state index contributed by atoms with van der Waals surface area (Å²) in [4.78, 5) is 0. The van der Waals surface area contributed by atoms with E-state index in [1.165, 1.54) is 12.5 Å². The molecule has 0 aliphatic rings. The minimum absolute atomic E-state index is 0.204. The maximum absolute atomic E-state index is 13.9. The fourth-order valence-electron chi connectivity index (χ4n) is 2.31. The number of hydrogen-bond donors (Lipinski definition) is 1. The van der Waals surface area contributed by atoms with Crippen molar-refractivity contribution in [1.29, 1.82) is 0 Å². The lowest BCUT2D eigenvalue weighted by molar-refractivity contribution is 0.128. The van der Waals surface area contributed by atoms with E-state index in [1.807, 2.05) is 29.0 Å². The van der Waals surface area contributed by atoms with Crippen LogP contribution in [0.15, 0.2) is 42.6 Å². The lowest BCUT2D eigenvalue weighted by Crippen LogP contribution is -2.18. The molecule has 3 nitrogen and oxygen atoms in total. The monoisotopic (exact) mass is 304 g/mol. The first-order valence-electron chi connectivity index (χ1n) is 8.02. The summed E-state index contributed by atoms with van der Waals surface area (Å²) in [6, 6.07) is 10.8. The van der Waals surface area contributed by atoms with Gasteiger partial charge in [-0.15, -0.1) is 0 Å². The molecule has 0 radical (unpaired) electrons. The van der Waals surface area contributed by atoms with Crippen LogP contribution in [-0.2, 0) is 11.3 Å². The zero-order valence-corrected chi connectivity index (χ0v) is 13.2. The van der Waals surface area contributed by atoms with E-state index >= 15 is 0 Å². The molecule has 0 unspecified atom stereocenters. The Morgan fingerprint density at radius 3 is 2.73 bits per heavy atom. The first-order valence-corrected chi connectivity index (χ1v) is 8.02. The molecule has 1 heterocycles. The van der Waals surface area contributed by atoms with Crippen LogP contribution in [0.2, 0.25) is 0 Å². The van der Waals surface area contributed by atoms with E-state index in [-0.39, 0.29) is 5.82 Å². The summed E-state index contributed by atoms with van der Waals surface area (Å²) in [7, 11) is 0. The lowest BCUT2D eigenvalue weighted by atomic mass is 10.3. The molecule has 4 heteroatoms. The third kappa shape index (κ3) is 4.97. The number of unbranched alkanes of at least 4 members (excludes halogenated alkanes) is 1. The van der Waals surface area contributed by atoms with Gasteiger partial charge in [0, 0.05) is 31.6 Å². The van der Waals surface area contributed by atoms with E-state index in [9.17, 15) is 4.39 Å². The average Bonchev–Trinajstić information content (AvgIpc) is 2.99. The third-order valence-corrected chi connectivity index (χ3v) is 3.54. The van der Waals surface area contributed by atoms with Crippen molar-refractivity contribution in [3.63, 3.8) is 0 Å². The van der Waals surface area contributed by atoms with Crippen molar-refractivity contribution in [2.75, 3.05) is 19.8 Å². The highest BCUT2D eigenvalue weighted by Crippen LogP contribution is 2.16. The molecule has 1 aromatic heterocycles. The molecule has 0 amide bonds. The van der Waals surface area contributed by atoms with Gasteiger partial charge in [0.05, 0.1) is 5.69 Å². The zero-order chi connectivity index (χ0) is 15.6. The van der Waals surface area contributed by atoms with Crippen LogP contribution in [0.5, 0.6) is 0 Å². The summed E-state index contributed by atoms with van der Waals surface area (Å²) in [6.45, 7) is 5.43. The highest BCUT2D eigenvalue weighted by Gasteiger charge is 2.06. The van der Waals surface area contributed by atoms with Crippen LogP contribution < -0.4 is 5.32 Å². The second kappa shape index (κ2) is 9.38. The SMILES string of the molecule is CCCCOCCCNCc1cccn1-c1ccccc1F. The van der Waals surface area contributed by atoms with Gasteiger partial charge < -0.3 is 14.6 Å². The Morgan fingerprint density at radius 1 is 1.09 bits per heavy atom. The number of para-hydroxylation sites is 1. The Balaban J connectivity index is 1.76. The van der Waals surface area contributed by atoms with Gasteiger partial charge in [-0.2, -0.15) is 0 Å². The quantitative estimate of drug-likeness (QED) is 0.674. The molecule has 0 fully saturated rings. The number of aromatic nitrogens is 1. The standard InChI is InChI=1S/C18H25FN2O/c1-2-3-13-22-14-7-11-20-15-16-8-6-12-21(16)18-10-5-4-9-17(18)19/h4-6,8-10,12,20H,2-3,7,11,13-15H2,1H3. The van der Waals surface area contributed by atoms with E-state index < -0.39 is 0 Å². The molecular formula is C18H25FN2O. The highest BCUT2D eigenvalue weighted by molar-refractivity contribution is 5.36. The molecule has 2 rings (SSSR count). The van der Waals surface area contributed by atoms with Gasteiger partial charge in [-0.05, 0) is 43.7 Å². The molecule has 120 valence electrons. The molecule has 0 bridgehead atoms. The van der Waals surface area contributed by atoms with Gasteiger partial charge in [0.2, 0.25) is 0 Å². The van der Waals surface area contributed by atoms with Gasteiger partial charge in [0.1, 0.15) is 5.82 Å². The van der Waals surface area contributed by atoms with Gasteiger partial charge in [0.25, 0.3) is 0 Å². The molecule has 1 N–H and O–H groups in total. The maximum atomic E-state index is 13.9. The number of hydrogen-bond acceptors (Lipinski definition) is 2. The Kier molecular flexibility index (Phi) is 7.13. The van der Waals surface area contributed by atoms with E-state index in [4.69, 9.17) is 4.74 Å². The number of nitrogens with one attached hydrogen (secondary N) is 1. The van der Waals surface area contributed by atoms with Crippen LogP contribution in [-0.4, -0.2) is 24.3 Å². The predicted octanol–water partition coefficient (Wildman–Crippen LogP) is 3.91. The van der Waals surface area contributed by atoms with Crippen LogP contribution in [0, 0.1) is 5.82 Å². The normalized spacial score (nSPS) is 11.0. The summed E-state index contributed by atoms with van der Waals surface area (Å²) in [5, 5.41) is 3.39. The summed E-state index contributed by atoms with van der Waals surface area (Å²) < 4.78 is 21.3. The molecule has 22 heavy (non-hydrogen) atoms. The van der Waals surface area contributed by atoms with Gasteiger partial charge in [0.15, 0.2) is 0 Å². The fourth-order valence-corrected chi connectivity index (χ4v) is 2.31. The highest BCUT2D eigenvalue weighted by atomic mass is 19.1. The first-order chi connectivity index (χ1) is 10.8. The van der Waals surface area contributed by atoms with E-state index in [0.29, 0.717) is 5.69 Å². The largest absolute Gasteiger partial charge is 0.381 e. The van der Waals surface area contributed by atoms with Crippen molar-refractivity contribution in [2.24, 2.45) is 0 Å². The molecule has 0 spiro atoms.